The number of nitrogens with zero attached hydrogens (tertiary/aromatic N) is 1. The fourth-order valence-corrected chi connectivity index (χ4v) is 3.78. The third-order valence-electron chi connectivity index (χ3n) is 3.07. The molecule has 1 aromatic heterocycles. The van der Waals surface area contributed by atoms with E-state index in [0.717, 1.165) is 21.8 Å². The predicted octanol–water partition coefficient (Wildman–Crippen LogP) is 2.43. The highest BCUT2D eigenvalue weighted by atomic mass is 31.2. The van der Waals surface area contributed by atoms with Gasteiger partial charge in [-0.2, -0.15) is 0 Å². The van der Waals surface area contributed by atoms with E-state index in [9.17, 15) is 9.36 Å². The molecule has 0 saturated carbocycles. The monoisotopic (exact) mass is 261 g/mol. The summed E-state index contributed by atoms with van der Waals surface area (Å²) >= 11 is 0. The SMILES string of the molecule is C=Cc1ccc2c(ccc(=O)n2C)c1P(C)(C)=O. The van der Waals surface area contributed by atoms with E-state index < -0.39 is 7.14 Å². The quantitative estimate of drug-likeness (QED) is 0.779. The Morgan fingerprint density at radius 3 is 2.44 bits per heavy atom. The van der Waals surface area contributed by atoms with Gasteiger partial charge in [-0.3, -0.25) is 4.79 Å². The second kappa shape index (κ2) is 4.25. The molecule has 0 fully saturated rings. The van der Waals surface area contributed by atoms with Crippen LogP contribution in [0, 0.1) is 0 Å². The van der Waals surface area contributed by atoms with Crippen molar-refractivity contribution in [3.8, 4) is 0 Å². The first kappa shape index (κ1) is 12.8. The van der Waals surface area contributed by atoms with Gasteiger partial charge in [0.05, 0.1) is 5.52 Å². The lowest BCUT2D eigenvalue weighted by molar-refractivity contribution is 0.588. The molecule has 0 spiro atoms. The number of aryl methyl sites for hydroxylation is 1. The smallest absolute Gasteiger partial charge is 0.250 e. The van der Waals surface area contributed by atoms with Crippen LogP contribution in [0.1, 0.15) is 5.56 Å². The average molecular weight is 261 g/mol. The third-order valence-corrected chi connectivity index (χ3v) is 4.64. The van der Waals surface area contributed by atoms with Crippen LogP contribution in [0.5, 0.6) is 0 Å². The van der Waals surface area contributed by atoms with Crippen molar-refractivity contribution < 1.29 is 4.57 Å². The molecule has 0 aliphatic heterocycles. The lowest BCUT2D eigenvalue weighted by Crippen LogP contribution is -2.19. The minimum Gasteiger partial charge on any atom is -0.319 e. The summed E-state index contributed by atoms with van der Waals surface area (Å²) < 4.78 is 14.0. The van der Waals surface area contributed by atoms with Crippen LogP contribution in [0.25, 0.3) is 17.0 Å². The number of rotatable bonds is 2. The maximum atomic E-state index is 12.5. The summed E-state index contributed by atoms with van der Waals surface area (Å²) in [5.74, 6) is 0. The largest absolute Gasteiger partial charge is 0.319 e. The zero-order valence-corrected chi connectivity index (χ0v) is 11.7. The summed E-state index contributed by atoms with van der Waals surface area (Å²) in [6.07, 6.45) is 1.71. The minimum atomic E-state index is -2.44. The molecule has 0 aliphatic carbocycles. The Kier molecular flexibility index (Phi) is 3.04. The first-order valence-electron chi connectivity index (χ1n) is 5.67. The summed E-state index contributed by atoms with van der Waals surface area (Å²) in [6, 6.07) is 6.99. The van der Waals surface area contributed by atoms with E-state index in [-0.39, 0.29) is 5.56 Å². The fraction of sp³-hybridized carbons (Fsp3) is 0.214. The van der Waals surface area contributed by atoms with Crippen LogP contribution in [0.2, 0.25) is 0 Å². The fourth-order valence-electron chi connectivity index (χ4n) is 2.22. The molecule has 0 aliphatic rings. The van der Waals surface area contributed by atoms with Crippen LogP contribution in [-0.4, -0.2) is 17.9 Å². The summed E-state index contributed by atoms with van der Waals surface area (Å²) in [5.41, 5.74) is 1.60. The summed E-state index contributed by atoms with van der Waals surface area (Å²) in [5, 5.41) is 1.66. The van der Waals surface area contributed by atoms with Crippen molar-refractivity contribution >= 4 is 29.4 Å². The number of hydrogen-bond acceptors (Lipinski definition) is 2. The van der Waals surface area contributed by atoms with E-state index in [4.69, 9.17) is 0 Å². The lowest BCUT2D eigenvalue weighted by atomic mass is 10.1. The Morgan fingerprint density at radius 2 is 1.89 bits per heavy atom. The Labute approximate surface area is 106 Å². The second-order valence-electron chi connectivity index (χ2n) is 4.72. The molecule has 3 nitrogen and oxygen atoms in total. The summed E-state index contributed by atoms with van der Waals surface area (Å²) in [6.45, 7) is 7.23. The maximum Gasteiger partial charge on any atom is 0.250 e. The van der Waals surface area contributed by atoms with E-state index >= 15 is 0 Å². The van der Waals surface area contributed by atoms with Crippen molar-refractivity contribution in [2.24, 2.45) is 7.05 Å². The second-order valence-corrected chi connectivity index (χ2v) is 7.87. The normalized spacial score (nSPS) is 11.7. The van der Waals surface area contributed by atoms with Gasteiger partial charge in [-0.1, -0.05) is 18.7 Å². The van der Waals surface area contributed by atoms with Crippen LogP contribution in [0.4, 0.5) is 0 Å². The molecule has 0 saturated heterocycles. The molecule has 2 aromatic rings. The molecular weight excluding hydrogens is 245 g/mol. The van der Waals surface area contributed by atoms with Crippen LogP contribution < -0.4 is 10.9 Å². The van der Waals surface area contributed by atoms with Crippen molar-refractivity contribution in [2.75, 3.05) is 13.3 Å². The van der Waals surface area contributed by atoms with Gasteiger partial charge in [0.2, 0.25) is 0 Å². The molecule has 0 N–H and O–H groups in total. The number of fused-ring (bicyclic) bond motifs is 1. The summed E-state index contributed by atoms with van der Waals surface area (Å²) in [7, 11) is -0.719. The van der Waals surface area contributed by atoms with Crippen molar-refractivity contribution in [2.45, 2.75) is 0 Å². The van der Waals surface area contributed by atoms with Crippen LogP contribution in [0.3, 0.4) is 0 Å². The van der Waals surface area contributed by atoms with E-state index in [1.165, 1.54) is 6.07 Å². The molecular formula is C14H16NO2P. The van der Waals surface area contributed by atoms with Crippen molar-refractivity contribution in [3.05, 3.63) is 46.8 Å². The van der Waals surface area contributed by atoms with E-state index in [1.54, 1.807) is 37.1 Å². The van der Waals surface area contributed by atoms with Crippen LogP contribution in [0.15, 0.2) is 35.6 Å². The van der Waals surface area contributed by atoms with Gasteiger partial charge in [0, 0.05) is 23.8 Å². The van der Waals surface area contributed by atoms with Gasteiger partial charge < -0.3 is 9.13 Å². The molecule has 2 rings (SSSR count). The van der Waals surface area contributed by atoms with Crippen LogP contribution >= 0.6 is 7.14 Å². The topological polar surface area (TPSA) is 39.1 Å². The van der Waals surface area contributed by atoms with Gasteiger partial charge in [0.25, 0.3) is 5.56 Å². The lowest BCUT2D eigenvalue weighted by Gasteiger charge is -2.16. The molecule has 0 amide bonds. The highest BCUT2D eigenvalue weighted by Crippen LogP contribution is 2.39. The molecule has 1 heterocycles. The predicted molar refractivity (Wildman–Crippen MR) is 78.4 cm³/mol. The maximum absolute atomic E-state index is 12.5. The van der Waals surface area contributed by atoms with Crippen molar-refractivity contribution in [1.29, 1.82) is 0 Å². The summed E-state index contributed by atoms with van der Waals surface area (Å²) in [4.78, 5) is 11.6. The van der Waals surface area contributed by atoms with Gasteiger partial charge in [0.1, 0.15) is 7.14 Å². The molecule has 4 heteroatoms. The van der Waals surface area contributed by atoms with Gasteiger partial charge in [-0.25, -0.2) is 0 Å². The standard InChI is InChI=1S/C14H16NO2P/c1-5-10-6-8-12-11(14(10)18(3,4)17)7-9-13(16)15(12)2/h5-9H,1H2,2-4H3. The van der Waals surface area contributed by atoms with Gasteiger partial charge >= 0.3 is 0 Å². The number of pyridine rings is 1. The van der Waals surface area contributed by atoms with E-state index in [1.807, 2.05) is 12.1 Å². The zero-order chi connectivity index (χ0) is 13.5. The minimum absolute atomic E-state index is 0.0677. The van der Waals surface area contributed by atoms with Crippen LogP contribution in [-0.2, 0) is 11.6 Å². The molecule has 18 heavy (non-hydrogen) atoms. The average Bonchev–Trinajstić information content (AvgIpc) is 2.31. The Bertz CT molecular complexity index is 737. The van der Waals surface area contributed by atoms with Gasteiger partial charge in [-0.05, 0) is 31.0 Å². The molecule has 94 valence electrons. The number of aromatic nitrogens is 1. The Hall–Kier alpha value is -1.60. The number of benzene rings is 1. The molecule has 1 aromatic carbocycles. The third kappa shape index (κ3) is 1.95. The van der Waals surface area contributed by atoms with Gasteiger partial charge in [-0.15, -0.1) is 0 Å². The molecule has 0 atom stereocenters. The highest BCUT2D eigenvalue weighted by molar-refractivity contribution is 7.70. The first-order valence-corrected chi connectivity index (χ1v) is 8.27. The van der Waals surface area contributed by atoms with E-state index in [2.05, 4.69) is 6.58 Å². The molecule has 0 unspecified atom stereocenters. The van der Waals surface area contributed by atoms with E-state index in [0.29, 0.717) is 0 Å². The zero-order valence-electron chi connectivity index (χ0n) is 10.8. The Morgan fingerprint density at radius 1 is 1.22 bits per heavy atom. The molecule has 0 radical (unpaired) electrons. The van der Waals surface area contributed by atoms with Crippen molar-refractivity contribution in [1.82, 2.24) is 4.57 Å². The Balaban J connectivity index is 3.05. The highest BCUT2D eigenvalue weighted by Gasteiger charge is 2.19. The van der Waals surface area contributed by atoms with Crippen molar-refractivity contribution in [3.63, 3.8) is 0 Å². The van der Waals surface area contributed by atoms with Gasteiger partial charge in [0.15, 0.2) is 0 Å². The molecule has 0 bridgehead atoms. The number of hydrogen-bond donors (Lipinski definition) is 0. The first-order chi connectivity index (χ1) is 8.36.